The second kappa shape index (κ2) is 9.73. The Balaban J connectivity index is 1.75. The lowest BCUT2D eigenvalue weighted by Crippen LogP contribution is -2.53. The first-order chi connectivity index (χ1) is 14.0. The number of ether oxygens (including phenoxy) is 1. The Morgan fingerprint density at radius 3 is 2.76 bits per heavy atom. The van der Waals surface area contributed by atoms with E-state index in [9.17, 15) is 14.7 Å². The van der Waals surface area contributed by atoms with Crippen LogP contribution in [0, 0.1) is 0 Å². The number of carbonyl (C=O) groups excluding carboxylic acids is 2. The molecule has 0 bridgehead atoms. The summed E-state index contributed by atoms with van der Waals surface area (Å²) in [7, 11) is 1.60. The largest absolute Gasteiger partial charge is 0.497 e. The van der Waals surface area contributed by atoms with Crippen LogP contribution in [0.1, 0.15) is 38.2 Å². The van der Waals surface area contributed by atoms with E-state index < -0.39 is 6.04 Å². The van der Waals surface area contributed by atoms with E-state index in [1.165, 1.54) is 16.7 Å². The van der Waals surface area contributed by atoms with Gasteiger partial charge in [-0.1, -0.05) is 36.1 Å². The van der Waals surface area contributed by atoms with Crippen LogP contribution in [0.2, 0.25) is 0 Å². The highest BCUT2D eigenvalue weighted by atomic mass is 32.2. The number of hydrogen-bond acceptors (Lipinski definition) is 6. The van der Waals surface area contributed by atoms with Crippen LogP contribution in [0.15, 0.2) is 29.2 Å². The van der Waals surface area contributed by atoms with E-state index in [1.807, 2.05) is 29.2 Å². The molecule has 2 aliphatic heterocycles. The number of aliphatic hydroxyl groups excluding tert-OH is 1. The summed E-state index contributed by atoms with van der Waals surface area (Å²) in [5.74, 6) is 0.394. The minimum absolute atomic E-state index is 0.0249. The van der Waals surface area contributed by atoms with Gasteiger partial charge in [-0.25, -0.2) is 0 Å². The van der Waals surface area contributed by atoms with Gasteiger partial charge in [0.05, 0.1) is 12.0 Å². The van der Waals surface area contributed by atoms with Crippen molar-refractivity contribution in [2.75, 3.05) is 20.3 Å². The minimum atomic E-state index is -0.663. The minimum Gasteiger partial charge on any atom is -0.497 e. The van der Waals surface area contributed by atoms with Crippen molar-refractivity contribution >= 4 is 46.2 Å². The Hall–Kier alpha value is -1.90. The number of thioether (sulfide) groups is 1. The highest BCUT2D eigenvalue weighted by molar-refractivity contribution is 8.26. The molecule has 2 heterocycles. The monoisotopic (exact) mass is 434 g/mol. The number of methoxy groups -OCH3 is 1. The molecular formula is C21H26N2O4S2. The van der Waals surface area contributed by atoms with Gasteiger partial charge in [-0.05, 0) is 56.4 Å². The van der Waals surface area contributed by atoms with Crippen molar-refractivity contribution in [2.45, 2.75) is 44.7 Å². The van der Waals surface area contributed by atoms with E-state index in [0.29, 0.717) is 22.2 Å². The fourth-order valence-electron chi connectivity index (χ4n) is 3.76. The lowest BCUT2D eigenvalue weighted by Gasteiger charge is -2.38. The summed E-state index contributed by atoms with van der Waals surface area (Å²) in [5, 5.41) is 9.32. The van der Waals surface area contributed by atoms with Gasteiger partial charge in [0.2, 0.25) is 5.91 Å². The molecule has 3 rings (SSSR count). The van der Waals surface area contributed by atoms with Crippen LogP contribution in [0.5, 0.6) is 5.75 Å². The van der Waals surface area contributed by atoms with Gasteiger partial charge in [0, 0.05) is 19.2 Å². The van der Waals surface area contributed by atoms with Gasteiger partial charge in [-0.3, -0.25) is 14.5 Å². The Morgan fingerprint density at radius 1 is 1.38 bits per heavy atom. The first-order valence-corrected chi connectivity index (χ1v) is 11.0. The van der Waals surface area contributed by atoms with Crippen molar-refractivity contribution in [3.63, 3.8) is 0 Å². The summed E-state index contributed by atoms with van der Waals surface area (Å²) in [6.45, 7) is 2.44. The van der Waals surface area contributed by atoms with Gasteiger partial charge in [0.15, 0.2) is 0 Å². The summed E-state index contributed by atoms with van der Waals surface area (Å²) < 4.78 is 5.55. The molecule has 8 heteroatoms. The van der Waals surface area contributed by atoms with Crippen LogP contribution < -0.4 is 4.74 Å². The summed E-state index contributed by atoms with van der Waals surface area (Å²) >= 11 is 6.64. The first kappa shape index (κ1) is 21.8. The third-order valence-corrected chi connectivity index (χ3v) is 6.68. The topological polar surface area (TPSA) is 70.1 Å². The number of nitrogens with zero attached hydrogens (tertiary/aromatic N) is 2. The molecule has 156 valence electrons. The average Bonchev–Trinajstić information content (AvgIpc) is 3.01. The summed E-state index contributed by atoms with van der Waals surface area (Å²) in [6.07, 6.45) is 5.22. The van der Waals surface area contributed by atoms with Gasteiger partial charge in [0.1, 0.15) is 16.1 Å². The fraction of sp³-hybridized carbons (Fsp3) is 0.476. The third kappa shape index (κ3) is 4.82. The Bertz CT molecular complexity index is 807. The van der Waals surface area contributed by atoms with Crippen LogP contribution >= 0.6 is 24.0 Å². The normalized spacial score (nSPS) is 22.3. The summed E-state index contributed by atoms with van der Waals surface area (Å²) in [4.78, 5) is 29.9. The van der Waals surface area contributed by atoms with E-state index in [1.54, 1.807) is 20.1 Å². The molecule has 2 aliphatic rings. The van der Waals surface area contributed by atoms with E-state index in [-0.39, 0.29) is 24.5 Å². The van der Waals surface area contributed by atoms with Crippen LogP contribution in [-0.4, -0.2) is 63.4 Å². The lowest BCUT2D eigenvalue weighted by molar-refractivity contribution is -0.142. The molecule has 0 radical (unpaired) electrons. The number of thiocarbonyl (C=S) groups is 1. The third-order valence-electron chi connectivity index (χ3n) is 5.35. The zero-order valence-corrected chi connectivity index (χ0v) is 18.3. The number of amides is 2. The Kier molecular flexibility index (Phi) is 7.32. The maximum atomic E-state index is 13.1. The smallest absolute Gasteiger partial charge is 0.266 e. The van der Waals surface area contributed by atoms with Gasteiger partial charge >= 0.3 is 0 Å². The molecule has 6 nitrogen and oxygen atoms in total. The Labute approximate surface area is 180 Å². The number of aliphatic hydroxyl groups is 1. The molecule has 0 aromatic heterocycles. The maximum absolute atomic E-state index is 13.1. The van der Waals surface area contributed by atoms with Crippen LogP contribution in [0.25, 0.3) is 6.08 Å². The number of likely N-dealkylation sites (tertiary alicyclic amines) is 1. The fourth-order valence-corrected chi connectivity index (χ4v) is 5.17. The van der Waals surface area contributed by atoms with E-state index in [4.69, 9.17) is 17.0 Å². The van der Waals surface area contributed by atoms with E-state index >= 15 is 0 Å². The number of hydrogen-bond donors (Lipinski definition) is 1. The predicted octanol–water partition coefficient (Wildman–Crippen LogP) is 3.05. The Morgan fingerprint density at radius 2 is 2.10 bits per heavy atom. The second-order valence-corrected chi connectivity index (χ2v) is 8.87. The summed E-state index contributed by atoms with van der Waals surface area (Å²) in [5.41, 5.74) is 0.865. The molecule has 0 saturated carbocycles. The van der Waals surface area contributed by atoms with Crippen molar-refractivity contribution in [3.05, 3.63) is 34.7 Å². The number of piperidine rings is 1. The van der Waals surface area contributed by atoms with Crippen molar-refractivity contribution in [2.24, 2.45) is 0 Å². The van der Waals surface area contributed by atoms with Crippen LogP contribution in [-0.2, 0) is 9.59 Å². The number of carbonyl (C=O) groups is 2. The highest BCUT2D eigenvalue weighted by Crippen LogP contribution is 2.35. The molecule has 1 aromatic carbocycles. The van der Waals surface area contributed by atoms with Crippen LogP contribution in [0.3, 0.4) is 0 Å². The van der Waals surface area contributed by atoms with Gasteiger partial charge in [0.25, 0.3) is 5.91 Å². The number of benzene rings is 1. The molecule has 1 N–H and O–H groups in total. The van der Waals surface area contributed by atoms with Gasteiger partial charge < -0.3 is 14.7 Å². The van der Waals surface area contributed by atoms with Crippen molar-refractivity contribution in [1.82, 2.24) is 9.80 Å². The summed E-state index contributed by atoms with van der Waals surface area (Å²) in [6, 6.07) is 6.76. The molecule has 2 saturated heterocycles. The van der Waals surface area contributed by atoms with Crippen molar-refractivity contribution in [1.29, 1.82) is 0 Å². The number of rotatable bonds is 6. The molecule has 2 fully saturated rings. The average molecular weight is 435 g/mol. The quantitative estimate of drug-likeness (QED) is 0.548. The molecular weight excluding hydrogens is 408 g/mol. The van der Waals surface area contributed by atoms with Crippen LogP contribution in [0.4, 0.5) is 0 Å². The zero-order valence-electron chi connectivity index (χ0n) is 16.7. The maximum Gasteiger partial charge on any atom is 0.266 e. The molecule has 2 amide bonds. The molecule has 29 heavy (non-hydrogen) atoms. The zero-order chi connectivity index (χ0) is 21.0. The van der Waals surface area contributed by atoms with E-state index in [0.717, 1.165) is 30.6 Å². The molecule has 0 aliphatic carbocycles. The highest BCUT2D eigenvalue weighted by Gasteiger charge is 2.40. The van der Waals surface area contributed by atoms with Gasteiger partial charge in [-0.2, -0.15) is 0 Å². The van der Waals surface area contributed by atoms with Gasteiger partial charge in [-0.15, -0.1) is 0 Å². The molecule has 0 spiro atoms. The first-order valence-electron chi connectivity index (χ1n) is 9.78. The van der Waals surface area contributed by atoms with E-state index in [2.05, 4.69) is 0 Å². The second-order valence-electron chi connectivity index (χ2n) is 7.19. The standard InChI is InChI=1S/C21H26N2O4S2/c1-14(19(25)22-11-4-3-5-16(22)10-12-24)23-20(26)18(29-21(23)28)13-15-6-8-17(27-2)9-7-15/h6-9,13-14,16,24H,3-5,10-12H2,1-2H3/b18-13-/t14-,16+/m1/s1. The molecule has 0 unspecified atom stereocenters. The molecule has 1 aromatic rings. The predicted molar refractivity (Wildman–Crippen MR) is 119 cm³/mol. The SMILES string of the molecule is COc1ccc(/C=C2\SC(=S)N([C@H](C)C(=O)N3CCCC[C@H]3CCO)C2=O)cc1. The van der Waals surface area contributed by atoms with Crippen molar-refractivity contribution in [3.8, 4) is 5.75 Å². The van der Waals surface area contributed by atoms with Crippen molar-refractivity contribution < 1.29 is 19.4 Å². The lowest BCUT2D eigenvalue weighted by atomic mass is 9.98. The molecule has 2 atom stereocenters.